The van der Waals surface area contributed by atoms with Gasteiger partial charge >= 0.3 is 0 Å². The summed E-state index contributed by atoms with van der Waals surface area (Å²) in [6, 6.07) is 5.18. The fourth-order valence-corrected chi connectivity index (χ4v) is 5.91. The second-order valence-corrected chi connectivity index (χ2v) is 9.23. The van der Waals surface area contributed by atoms with E-state index in [1.54, 1.807) is 0 Å². The van der Waals surface area contributed by atoms with Crippen molar-refractivity contribution >= 4 is 8.07 Å². The lowest BCUT2D eigenvalue weighted by molar-refractivity contribution is 1.27. The maximum absolute atomic E-state index is 2.36. The first-order valence-corrected chi connectivity index (χ1v) is 9.52. The normalized spacial score (nSPS) is 16.7. The lowest BCUT2D eigenvalue weighted by Gasteiger charge is -2.27. The van der Waals surface area contributed by atoms with E-state index in [1.165, 1.54) is 24.2 Å². The fourth-order valence-electron chi connectivity index (χ4n) is 1.97. The van der Waals surface area contributed by atoms with E-state index in [0.717, 1.165) is 0 Å². The van der Waals surface area contributed by atoms with E-state index < -0.39 is 8.07 Å². The van der Waals surface area contributed by atoms with Crippen LogP contribution in [0, 0.1) is 0 Å². The third-order valence-corrected chi connectivity index (χ3v) is 7.55. The highest BCUT2D eigenvalue weighted by Gasteiger charge is 2.27. The summed E-state index contributed by atoms with van der Waals surface area (Å²) in [5.41, 5.74) is 0. The average Bonchev–Trinajstić information content (AvgIpc) is 2.37. The first kappa shape index (κ1) is 16.2. The van der Waals surface area contributed by atoms with Gasteiger partial charge in [-0.15, -0.1) is 0 Å². The van der Waals surface area contributed by atoms with Crippen LogP contribution in [0.3, 0.4) is 0 Å². The molecule has 0 aliphatic rings. The van der Waals surface area contributed by atoms with Crippen LogP contribution in [0.1, 0.15) is 27.7 Å². The molecule has 0 heterocycles. The van der Waals surface area contributed by atoms with Crippen molar-refractivity contribution in [2.24, 2.45) is 0 Å². The topological polar surface area (TPSA) is 0 Å². The SMILES string of the molecule is CC=CC[Si](CC=CC)(CC=CC)CC=CC. The molecule has 1 heteroatoms. The Labute approximate surface area is 109 Å². The van der Waals surface area contributed by atoms with Gasteiger partial charge in [0.2, 0.25) is 0 Å². The number of hydrogen-bond acceptors (Lipinski definition) is 0. The number of allylic oxidation sites excluding steroid dienone is 8. The molecule has 0 rings (SSSR count). The lowest BCUT2D eigenvalue weighted by Crippen LogP contribution is -2.31. The van der Waals surface area contributed by atoms with Crippen molar-refractivity contribution < 1.29 is 0 Å². The molecule has 0 amide bonds. The molecule has 17 heavy (non-hydrogen) atoms. The maximum Gasteiger partial charge on any atom is 0.0685 e. The summed E-state index contributed by atoms with van der Waals surface area (Å²) >= 11 is 0. The molecule has 0 saturated carbocycles. The van der Waals surface area contributed by atoms with Crippen LogP contribution in [0.25, 0.3) is 0 Å². The van der Waals surface area contributed by atoms with E-state index in [-0.39, 0.29) is 0 Å². The Morgan fingerprint density at radius 2 is 0.765 bits per heavy atom. The van der Waals surface area contributed by atoms with Crippen LogP contribution in [-0.2, 0) is 0 Å². The molecule has 0 aromatic heterocycles. The van der Waals surface area contributed by atoms with Crippen LogP contribution in [0.5, 0.6) is 0 Å². The summed E-state index contributed by atoms with van der Waals surface area (Å²) in [6.07, 6.45) is 18.2. The molecule has 0 aromatic rings. The van der Waals surface area contributed by atoms with Gasteiger partial charge in [-0.25, -0.2) is 0 Å². The van der Waals surface area contributed by atoms with Gasteiger partial charge in [0, 0.05) is 0 Å². The molecule has 0 radical (unpaired) electrons. The van der Waals surface area contributed by atoms with Crippen LogP contribution in [-0.4, -0.2) is 8.07 Å². The van der Waals surface area contributed by atoms with E-state index in [2.05, 4.69) is 76.3 Å². The van der Waals surface area contributed by atoms with Crippen molar-refractivity contribution in [3.63, 3.8) is 0 Å². The van der Waals surface area contributed by atoms with Crippen molar-refractivity contribution in [3.8, 4) is 0 Å². The fraction of sp³-hybridized carbons (Fsp3) is 0.500. The molecule has 0 nitrogen and oxygen atoms in total. The van der Waals surface area contributed by atoms with E-state index in [9.17, 15) is 0 Å². The number of rotatable bonds is 8. The molecule has 0 aliphatic carbocycles. The Balaban J connectivity index is 4.87. The predicted molar refractivity (Wildman–Crippen MR) is 84.2 cm³/mol. The molecule has 0 atom stereocenters. The Morgan fingerprint density at radius 1 is 0.529 bits per heavy atom. The number of hydrogen-bond donors (Lipinski definition) is 0. The molecule has 0 unspecified atom stereocenters. The summed E-state index contributed by atoms with van der Waals surface area (Å²) in [5.74, 6) is 0. The smallest absolute Gasteiger partial charge is 0.0685 e. The maximum atomic E-state index is 2.36. The van der Waals surface area contributed by atoms with Crippen molar-refractivity contribution in [1.29, 1.82) is 0 Å². The minimum atomic E-state index is -1.23. The van der Waals surface area contributed by atoms with Crippen molar-refractivity contribution in [2.45, 2.75) is 51.9 Å². The largest absolute Gasteiger partial charge is 0.0919 e. The van der Waals surface area contributed by atoms with Gasteiger partial charge in [-0.1, -0.05) is 48.6 Å². The molecule has 0 saturated heterocycles. The quantitative estimate of drug-likeness (QED) is 0.379. The van der Waals surface area contributed by atoms with Gasteiger partial charge < -0.3 is 0 Å². The highest BCUT2D eigenvalue weighted by molar-refractivity contribution is 6.81. The van der Waals surface area contributed by atoms with Gasteiger partial charge in [-0.3, -0.25) is 0 Å². The predicted octanol–water partition coefficient (Wildman–Crippen LogP) is 5.74. The Hall–Kier alpha value is -0.823. The molecule has 0 aliphatic heterocycles. The van der Waals surface area contributed by atoms with E-state index >= 15 is 0 Å². The Bertz CT molecular complexity index is 220. The van der Waals surface area contributed by atoms with Gasteiger partial charge in [0.25, 0.3) is 0 Å². The molecule has 0 bridgehead atoms. The average molecular weight is 248 g/mol. The van der Waals surface area contributed by atoms with Crippen molar-refractivity contribution in [2.75, 3.05) is 0 Å². The van der Waals surface area contributed by atoms with Crippen LogP contribution in [0.4, 0.5) is 0 Å². The monoisotopic (exact) mass is 248 g/mol. The first-order valence-electron chi connectivity index (χ1n) is 6.69. The van der Waals surface area contributed by atoms with Crippen molar-refractivity contribution in [1.82, 2.24) is 0 Å². The summed E-state index contributed by atoms with van der Waals surface area (Å²) < 4.78 is 0. The van der Waals surface area contributed by atoms with Gasteiger partial charge in [-0.2, -0.15) is 0 Å². The summed E-state index contributed by atoms with van der Waals surface area (Å²) in [4.78, 5) is 0. The second kappa shape index (κ2) is 10.3. The Kier molecular flexibility index (Phi) is 9.84. The minimum Gasteiger partial charge on any atom is -0.0919 e. The molecule has 0 fully saturated rings. The molecule has 0 spiro atoms. The minimum absolute atomic E-state index is 1.23. The van der Waals surface area contributed by atoms with Gasteiger partial charge in [0.15, 0.2) is 0 Å². The van der Waals surface area contributed by atoms with Crippen LogP contribution in [0.15, 0.2) is 48.6 Å². The third-order valence-electron chi connectivity index (χ3n) is 3.15. The van der Waals surface area contributed by atoms with Crippen LogP contribution in [0.2, 0.25) is 24.2 Å². The summed E-state index contributed by atoms with van der Waals surface area (Å²) in [6.45, 7) is 8.50. The Morgan fingerprint density at radius 3 is 0.941 bits per heavy atom. The summed E-state index contributed by atoms with van der Waals surface area (Å²) in [5, 5.41) is 0. The van der Waals surface area contributed by atoms with Gasteiger partial charge in [0.1, 0.15) is 0 Å². The van der Waals surface area contributed by atoms with E-state index in [4.69, 9.17) is 0 Å². The van der Waals surface area contributed by atoms with Crippen LogP contribution >= 0.6 is 0 Å². The molecular formula is C16H28Si. The second-order valence-electron chi connectivity index (χ2n) is 4.59. The highest BCUT2D eigenvalue weighted by atomic mass is 28.3. The first-order chi connectivity index (χ1) is 8.24. The molecular weight excluding hydrogens is 220 g/mol. The van der Waals surface area contributed by atoms with Gasteiger partial charge in [-0.05, 0) is 51.9 Å². The van der Waals surface area contributed by atoms with Gasteiger partial charge in [0.05, 0.1) is 8.07 Å². The van der Waals surface area contributed by atoms with E-state index in [1.807, 2.05) is 0 Å². The zero-order chi connectivity index (χ0) is 13.0. The zero-order valence-electron chi connectivity index (χ0n) is 11.9. The molecule has 0 N–H and O–H groups in total. The standard InChI is InChI=1S/C16H28Si/c1-5-9-13-17(14-10-6-2,15-11-7-3)16-12-8-4/h5-12H,13-16H2,1-4H3. The molecule has 96 valence electrons. The highest BCUT2D eigenvalue weighted by Crippen LogP contribution is 2.28. The summed E-state index contributed by atoms with van der Waals surface area (Å²) in [7, 11) is -1.23. The third kappa shape index (κ3) is 7.17. The van der Waals surface area contributed by atoms with Crippen LogP contribution < -0.4 is 0 Å². The van der Waals surface area contributed by atoms with Crippen molar-refractivity contribution in [3.05, 3.63) is 48.6 Å². The zero-order valence-corrected chi connectivity index (χ0v) is 12.9. The molecule has 0 aromatic carbocycles. The van der Waals surface area contributed by atoms with E-state index in [0.29, 0.717) is 0 Å². The lowest BCUT2D eigenvalue weighted by atomic mass is 10.6.